The van der Waals surface area contributed by atoms with Gasteiger partial charge in [0.25, 0.3) is 5.91 Å². The fraction of sp³-hybridized carbons (Fsp3) is 0.211. The van der Waals surface area contributed by atoms with E-state index < -0.39 is 6.36 Å². The van der Waals surface area contributed by atoms with E-state index in [9.17, 15) is 23.1 Å². The summed E-state index contributed by atoms with van der Waals surface area (Å²) in [5, 5.41) is 13.5. The zero-order valence-electron chi connectivity index (χ0n) is 15.3. The lowest BCUT2D eigenvalue weighted by Gasteiger charge is -2.19. The summed E-state index contributed by atoms with van der Waals surface area (Å²) in [4.78, 5) is 18.1. The van der Waals surface area contributed by atoms with Crippen molar-refractivity contribution in [2.45, 2.75) is 12.9 Å². The average molecular weight is 442 g/mol. The van der Waals surface area contributed by atoms with Crippen molar-refractivity contribution in [3.63, 3.8) is 0 Å². The van der Waals surface area contributed by atoms with Crippen LogP contribution in [0.1, 0.15) is 16.2 Å². The molecule has 1 aromatic heterocycles. The van der Waals surface area contributed by atoms with Gasteiger partial charge in [0.1, 0.15) is 12.3 Å². The van der Waals surface area contributed by atoms with Crippen molar-refractivity contribution in [3.05, 3.63) is 65.0 Å². The van der Waals surface area contributed by atoms with Crippen molar-refractivity contribution in [2.24, 2.45) is 0 Å². The molecule has 0 aliphatic carbocycles. The number of aliphatic hydroxyl groups excluding tert-OH is 1. The van der Waals surface area contributed by atoms with Gasteiger partial charge in [0, 0.05) is 22.7 Å². The van der Waals surface area contributed by atoms with Crippen LogP contribution in [0.5, 0.6) is 5.75 Å². The fourth-order valence-corrected chi connectivity index (χ4v) is 2.68. The topological polar surface area (TPSA) is 88.7 Å². The van der Waals surface area contributed by atoms with Crippen LogP contribution in [0.3, 0.4) is 0 Å². The highest BCUT2D eigenvalue weighted by Crippen LogP contribution is 2.25. The number of halogens is 4. The van der Waals surface area contributed by atoms with E-state index >= 15 is 0 Å². The second kappa shape index (κ2) is 9.14. The van der Waals surface area contributed by atoms with E-state index in [0.717, 1.165) is 12.1 Å². The van der Waals surface area contributed by atoms with E-state index in [2.05, 4.69) is 14.9 Å². The second-order valence-electron chi connectivity index (χ2n) is 6.04. The molecule has 11 heteroatoms. The van der Waals surface area contributed by atoms with Gasteiger partial charge in [-0.1, -0.05) is 16.8 Å². The predicted octanol–water partition coefficient (Wildman–Crippen LogP) is 3.92. The molecule has 2 aromatic carbocycles. The Balaban J connectivity index is 1.72. The Morgan fingerprint density at radius 1 is 1.13 bits per heavy atom. The number of ether oxygens (including phenoxy) is 1. The summed E-state index contributed by atoms with van der Waals surface area (Å²) in [5.74, 6) is -0.519. The van der Waals surface area contributed by atoms with Gasteiger partial charge >= 0.3 is 6.36 Å². The van der Waals surface area contributed by atoms with Crippen molar-refractivity contribution in [3.8, 4) is 17.1 Å². The molecule has 1 N–H and O–H groups in total. The van der Waals surface area contributed by atoms with Gasteiger partial charge in [0.2, 0.25) is 11.7 Å². The Labute approximate surface area is 173 Å². The highest BCUT2D eigenvalue weighted by Gasteiger charge is 2.31. The van der Waals surface area contributed by atoms with Crippen LogP contribution < -0.4 is 4.74 Å². The molecule has 3 aromatic rings. The number of benzene rings is 2. The fourth-order valence-electron chi connectivity index (χ4n) is 2.55. The number of aliphatic hydroxyl groups is 1. The monoisotopic (exact) mass is 441 g/mol. The molecule has 0 saturated heterocycles. The largest absolute Gasteiger partial charge is 0.573 e. The first-order valence-corrected chi connectivity index (χ1v) is 8.97. The highest BCUT2D eigenvalue weighted by atomic mass is 35.5. The number of carbonyl (C=O) groups is 1. The third-order valence-corrected chi connectivity index (χ3v) is 4.14. The van der Waals surface area contributed by atoms with E-state index in [4.69, 9.17) is 16.1 Å². The summed E-state index contributed by atoms with van der Waals surface area (Å²) in [7, 11) is 0. The van der Waals surface area contributed by atoms with Gasteiger partial charge in [0.15, 0.2) is 0 Å². The summed E-state index contributed by atoms with van der Waals surface area (Å²) in [6, 6.07) is 11.2. The van der Waals surface area contributed by atoms with Crippen LogP contribution in [0.2, 0.25) is 5.02 Å². The van der Waals surface area contributed by atoms with E-state index in [0.29, 0.717) is 16.1 Å². The Morgan fingerprint density at radius 2 is 1.80 bits per heavy atom. The van der Waals surface area contributed by atoms with Gasteiger partial charge in [-0.25, -0.2) is 0 Å². The molecule has 0 saturated carbocycles. The van der Waals surface area contributed by atoms with E-state index in [1.807, 2.05) is 0 Å². The van der Waals surface area contributed by atoms with Crippen LogP contribution in [-0.2, 0) is 6.54 Å². The molecular formula is C19H15ClF3N3O4. The van der Waals surface area contributed by atoms with Gasteiger partial charge < -0.3 is 19.3 Å². The Bertz CT molecular complexity index is 992. The van der Waals surface area contributed by atoms with Crippen LogP contribution >= 0.6 is 11.6 Å². The normalized spacial score (nSPS) is 11.4. The predicted molar refractivity (Wildman–Crippen MR) is 99.7 cm³/mol. The van der Waals surface area contributed by atoms with E-state index in [1.165, 1.54) is 17.0 Å². The average Bonchev–Trinajstić information content (AvgIpc) is 3.16. The Kier molecular flexibility index (Phi) is 6.58. The SMILES string of the molecule is O=C(c1ccc(Cl)cc1)N(CCO)Cc1nc(-c2ccc(OC(F)(F)F)cc2)no1. The molecule has 0 aliphatic heterocycles. The zero-order valence-corrected chi connectivity index (χ0v) is 16.0. The van der Waals surface area contributed by atoms with Crippen LogP contribution in [0, 0.1) is 0 Å². The van der Waals surface area contributed by atoms with Gasteiger partial charge in [-0.05, 0) is 48.5 Å². The van der Waals surface area contributed by atoms with Crippen molar-refractivity contribution >= 4 is 17.5 Å². The van der Waals surface area contributed by atoms with Crippen LogP contribution in [0.15, 0.2) is 53.1 Å². The molecule has 1 amide bonds. The summed E-state index contributed by atoms with van der Waals surface area (Å²) in [5.41, 5.74) is 0.769. The first-order valence-electron chi connectivity index (χ1n) is 8.59. The van der Waals surface area contributed by atoms with Crippen molar-refractivity contribution < 1.29 is 32.3 Å². The minimum Gasteiger partial charge on any atom is -0.406 e. The summed E-state index contributed by atoms with van der Waals surface area (Å²) in [6.45, 7) is -0.312. The number of carbonyl (C=O) groups excluding carboxylic acids is 1. The molecule has 0 spiro atoms. The summed E-state index contributed by atoms with van der Waals surface area (Å²) in [6.07, 6.45) is -4.78. The molecule has 30 heavy (non-hydrogen) atoms. The van der Waals surface area contributed by atoms with Gasteiger partial charge in [-0.2, -0.15) is 4.98 Å². The first-order chi connectivity index (χ1) is 14.2. The Morgan fingerprint density at radius 3 is 2.40 bits per heavy atom. The molecule has 7 nitrogen and oxygen atoms in total. The number of rotatable bonds is 7. The number of hydrogen-bond acceptors (Lipinski definition) is 6. The van der Waals surface area contributed by atoms with Gasteiger partial charge in [0.05, 0.1) is 6.61 Å². The van der Waals surface area contributed by atoms with Crippen molar-refractivity contribution in [1.29, 1.82) is 0 Å². The van der Waals surface area contributed by atoms with Crippen LogP contribution in [0.25, 0.3) is 11.4 Å². The minimum absolute atomic E-state index is 0.0304. The second-order valence-corrected chi connectivity index (χ2v) is 6.48. The summed E-state index contributed by atoms with van der Waals surface area (Å²) >= 11 is 5.83. The molecule has 0 atom stereocenters. The van der Waals surface area contributed by atoms with Crippen molar-refractivity contribution in [1.82, 2.24) is 15.0 Å². The smallest absolute Gasteiger partial charge is 0.406 e. The number of aromatic nitrogens is 2. The third kappa shape index (κ3) is 5.71. The standard InChI is InChI=1S/C19H15ClF3N3O4/c20-14-5-1-13(2-6-14)18(28)26(9-10-27)11-16-24-17(25-30-16)12-3-7-15(8-4-12)29-19(21,22)23/h1-8,27H,9-11H2. The number of nitrogens with zero attached hydrogens (tertiary/aromatic N) is 3. The lowest BCUT2D eigenvalue weighted by molar-refractivity contribution is -0.274. The molecule has 0 radical (unpaired) electrons. The number of hydrogen-bond donors (Lipinski definition) is 1. The maximum atomic E-state index is 12.7. The summed E-state index contributed by atoms with van der Waals surface area (Å²) < 4.78 is 45.7. The van der Waals surface area contributed by atoms with E-state index in [-0.39, 0.29) is 43.1 Å². The maximum absolute atomic E-state index is 12.7. The molecule has 0 bridgehead atoms. The van der Waals surface area contributed by atoms with Crippen LogP contribution in [0.4, 0.5) is 13.2 Å². The van der Waals surface area contributed by atoms with Gasteiger partial charge in [-0.15, -0.1) is 13.2 Å². The molecule has 0 aliphatic rings. The highest BCUT2D eigenvalue weighted by molar-refractivity contribution is 6.30. The molecule has 0 unspecified atom stereocenters. The van der Waals surface area contributed by atoms with Crippen molar-refractivity contribution in [2.75, 3.05) is 13.2 Å². The molecular weight excluding hydrogens is 427 g/mol. The quantitative estimate of drug-likeness (QED) is 0.597. The maximum Gasteiger partial charge on any atom is 0.573 e. The lowest BCUT2D eigenvalue weighted by Crippen LogP contribution is -2.33. The molecule has 0 fully saturated rings. The Hall–Kier alpha value is -3.11. The molecule has 3 rings (SSSR count). The third-order valence-electron chi connectivity index (χ3n) is 3.89. The van der Waals surface area contributed by atoms with Gasteiger partial charge in [-0.3, -0.25) is 4.79 Å². The number of alkyl halides is 3. The van der Waals surface area contributed by atoms with E-state index in [1.54, 1.807) is 24.3 Å². The minimum atomic E-state index is -4.78. The first kappa shape index (κ1) is 21.6. The van der Waals surface area contributed by atoms with Crippen LogP contribution in [-0.4, -0.2) is 45.6 Å². The molecule has 158 valence electrons. The lowest BCUT2D eigenvalue weighted by atomic mass is 10.2. The number of amides is 1. The molecule has 1 heterocycles. The zero-order chi connectivity index (χ0) is 21.7.